The Hall–Kier alpha value is -3.33. The number of ether oxygens (including phenoxy) is 2. The van der Waals surface area contributed by atoms with E-state index in [0.29, 0.717) is 28.1 Å². The molecule has 0 aromatic heterocycles. The van der Waals surface area contributed by atoms with Crippen molar-refractivity contribution in [3.05, 3.63) is 63.0 Å². The highest BCUT2D eigenvalue weighted by Crippen LogP contribution is 2.34. The molecular formula is C19H17N3O5S. The summed E-state index contributed by atoms with van der Waals surface area (Å²) in [5.74, 6) is 0.533. The number of nitro groups is 1. The van der Waals surface area contributed by atoms with Crippen molar-refractivity contribution in [2.45, 2.75) is 6.92 Å². The summed E-state index contributed by atoms with van der Waals surface area (Å²) in [6, 6.07) is 11.7. The molecule has 0 unspecified atom stereocenters. The number of amides is 1. The van der Waals surface area contributed by atoms with E-state index >= 15 is 0 Å². The van der Waals surface area contributed by atoms with E-state index in [9.17, 15) is 14.9 Å². The maximum absolute atomic E-state index is 12.3. The molecular weight excluding hydrogens is 382 g/mol. The van der Waals surface area contributed by atoms with Crippen molar-refractivity contribution in [2.24, 2.45) is 4.99 Å². The van der Waals surface area contributed by atoms with Crippen LogP contribution in [0.15, 0.2) is 52.4 Å². The number of amidine groups is 1. The number of nitrogens with one attached hydrogen (secondary N) is 1. The monoisotopic (exact) mass is 399 g/mol. The third kappa shape index (κ3) is 4.32. The minimum absolute atomic E-state index is 0.144. The number of methoxy groups -OCH3 is 1. The van der Waals surface area contributed by atoms with Crippen molar-refractivity contribution in [1.82, 2.24) is 5.32 Å². The zero-order valence-electron chi connectivity index (χ0n) is 15.2. The lowest BCUT2D eigenvalue weighted by molar-refractivity contribution is -0.385. The molecule has 0 saturated carbocycles. The zero-order valence-corrected chi connectivity index (χ0v) is 16.0. The van der Waals surface area contributed by atoms with Gasteiger partial charge >= 0.3 is 5.69 Å². The fourth-order valence-corrected chi connectivity index (χ4v) is 3.35. The summed E-state index contributed by atoms with van der Waals surface area (Å²) in [6.07, 6.45) is 1.73. The van der Waals surface area contributed by atoms with E-state index in [0.717, 1.165) is 17.3 Å². The standard InChI is InChI=1S/C19H17N3O5S/c1-3-27-15-7-5-4-6-12(15)10-17-18(23)21-19(28-17)20-13-8-9-16(26-2)14(11-13)22(24)25/h4-11H,3H2,1-2H3,(H,20,21,23)/b17-10-. The number of carbonyl (C=O) groups excluding carboxylic acids is 1. The Balaban J connectivity index is 1.87. The van der Waals surface area contributed by atoms with Crippen LogP contribution in [0.25, 0.3) is 6.08 Å². The van der Waals surface area contributed by atoms with Gasteiger partial charge in [0.1, 0.15) is 5.75 Å². The number of carbonyl (C=O) groups is 1. The number of nitro benzene ring substituents is 1. The van der Waals surface area contributed by atoms with Crippen LogP contribution < -0.4 is 14.8 Å². The molecule has 2 aromatic rings. The van der Waals surface area contributed by atoms with Gasteiger partial charge in [-0.05, 0) is 43.0 Å². The van der Waals surface area contributed by atoms with E-state index in [4.69, 9.17) is 9.47 Å². The highest BCUT2D eigenvalue weighted by Gasteiger charge is 2.25. The van der Waals surface area contributed by atoms with Gasteiger partial charge in [-0.2, -0.15) is 0 Å². The van der Waals surface area contributed by atoms with Crippen molar-refractivity contribution < 1.29 is 19.2 Å². The highest BCUT2D eigenvalue weighted by molar-refractivity contribution is 8.18. The van der Waals surface area contributed by atoms with Crippen LogP contribution in [0.3, 0.4) is 0 Å². The summed E-state index contributed by atoms with van der Waals surface area (Å²) in [5, 5.41) is 14.1. The van der Waals surface area contributed by atoms with Gasteiger partial charge in [-0.1, -0.05) is 18.2 Å². The average molecular weight is 399 g/mol. The quantitative estimate of drug-likeness (QED) is 0.449. The molecule has 0 aliphatic carbocycles. The van der Waals surface area contributed by atoms with Gasteiger partial charge in [0.25, 0.3) is 5.91 Å². The van der Waals surface area contributed by atoms with Gasteiger partial charge in [-0.15, -0.1) is 0 Å². The summed E-state index contributed by atoms with van der Waals surface area (Å²) < 4.78 is 10.5. The SMILES string of the molecule is CCOc1ccccc1/C=C1\SC(=Nc2ccc(OC)c([N+](=O)[O-])c2)NC1=O. The Morgan fingerprint density at radius 3 is 2.75 bits per heavy atom. The van der Waals surface area contributed by atoms with Crippen molar-refractivity contribution in [1.29, 1.82) is 0 Å². The Morgan fingerprint density at radius 1 is 1.25 bits per heavy atom. The highest BCUT2D eigenvalue weighted by atomic mass is 32.2. The van der Waals surface area contributed by atoms with Crippen molar-refractivity contribution in [2.75, 3.05) is 13.7 Å². The molecule has 0 radical (unpaired) electrons. The van der Waals surface area contributed by atoms with Gasteiger partial charge < -0.3 is 14.8 Å². The number of hydrogen-bond donors (Lipinski definition) is 1. The molecule has 0 bridgehead atoms. The van der Waals surface area contributed by atoms with E-state index in [1.165, 1.54) is 19.2 Å². The number of nitrogens with zero attached hydrogens (tertiary/aromatic N) is 2. The van der Waals surface area contributed by atoms with Crippen LogP contribution in [-0.4, -0.2) is 29.7 Å². The van der Waals surface area contributed by atoms with Crippen molar-refractivity contribution in [3.8, 4) is 11.5 Å². The summed E-state index contributed by atoms with van der Waals surface area (Å²) in [6.45, 7) is 2.40. The molecule has 1 N–H and O–H groups in total. The van der Waals surface area contributed by atoms with Crippen LogP contribution in [0.5, 0.6) is 11.5 Å². The number of benzene rings is 2. The molecule has 1 amide bonds. The first-order valence-corrected chi connectivity index (χ1v) is 9.17. The Bertz CT molecular complexity index is 987. The second-order valence-electron chi connectivity index (χ2n) is 5.57. The molecule has 1 saturated heterocycles. The summed E-state index contributed by atoms with van der Waals surface area (Å²) in [7, 11) is 1.36. The summed E-state index contributed by atoms with van der Waals surface area (Å²) in [5.41, 5.74) is 0.926. The zero-order chi connectivity index (χ0) is 20.1. The van der Waals surface area contributed by atoms with Gasteiger partial charge in [0.15, 0.2) is 10.9 Å². The normalized spacial score (nSPS) is 16.3. The van der Waals surface area contributed by atoms with Gasteiger partial charge in [0, 0.05) is 11.6 Å². The lowest BCUT2D eigenvalue weighted by Gasteiger charge is -2.06. The molecule has 1 aliphatic heterocycles. The van der Waals surface area contributed by atoms with Gasteiger partial charge in [0.2, 0.25) is 0 Å². The minimum atomic E-state index is -0.543. The molecule has 28 heavy (non-hydrogen) atoms. The fourth-order valence-electron chi connectivity index (χ4n) is 2.52. The lowest BCUT2D eigenvalue weighted by Crippen LogP contribution is -2.19. The largest absolute Gasteiger partial charge is 0.493 e. The molecule has 1 fully saturated rings. The third-order valence-electron chi connectivity index (χ3n) is 3.75. The molecule has 1 aliphatic rings. The second kappa shape index (κ2) is 8.57. The molecule has 1 heterocycles. The summed E-state index contributed by atoms with van der Waals surface area (Å²) >= 11 is 1.15. The first kappa shape index (κ1) is 19.4. The molecule has 3 rings (SSSR count). The van der Waals surface area contributed by atoms with Gasteiger partial charge in [0.05, 0.1) is 29.2 Å². The van der Waals surface area contributed by atoms with Crippen LogP contribution in [0.1, 0.15) is 12.5 Å². The number of para-hydroxylation sites is 1. The number of rotatable bonds is 6. The first-order valence-electron chi connectivity index (χ1n) is 8.35. The van der Waals surface area contributed by atoms with E-state index in [2.05, 4.69) is 10.3 Å². The number of thioether (sulfide) groups is 1. The van der Waals surface area contributed by atoms with E-state index in [1.807, 2.05) is 31.2 Å². The molecule has 9 heteroatoms. The molecule has 0 atom stereocenters. The Kier molecular flexibility index (Phi) is 5.95. The minimum Gasteiger partial charge on any atom is -0.493 e. The van der Waals surface area contributed by atoms with Crippen LogP contribution in [0.2, 0.25) is 0 Å². The fraction of sp³-hybridized carbons (Fsp3) is 0.158. The lowest BCUT2D eigenvalue weighted by atomic mass is 10.2. The summed E-state index contributed by atoms with van der Waals surface area (Å²) in [4.78, 5) is 27.6. The van der Waals surface area contributed by atoms with Crippen molar-refractivity contribution >= 4 is 40.3 Å². The second-order valence-corrected chi connectivity index (χ2v) is 6.60. The Morgan fingerprint density at radius 2 is 2.04 bits per heavy atom. The first-order chi connectivity index (χ1) is 13.5. The van der Waals surface area contributed by atoms with Crippen LogP contribution in [-0.2, 0) is 4.79 Å². The Labute approximate surface area is 165 Å². The molecule has 0 spiro atoms. The van der Waals surface area contributed by atoms with Crippen LogP contribution in [0, 0.1) is 10.1 Å². The van der Waals surface area contributed by atoms with E-state index < -0.39 is 4.92 Å². The molecule has 8 nitrogen and oxygen atoms in total. The molecule has 2 aromatic carbocycles. The van der Waals surface area contributed by atoms with Gasteiger partial charge in [-0.25, -0.2) is 4.99 Å². The predicted molar refractivity (Wildman–Crippen MR) is 108 cm³/mol. The van der Waals surface area contributed by atoms with E-state index in [-0.39, 0.29) is 17.3 Å². The molecule has 144 valence electrons. The average Bonchev–Trinajstić information content (AvgIpc) is 3.02. The maximum atomic E-state index is 12.3. The van der Waals surface area contributed by atoms with E-state index in [1.54, 1.807) is 12.1 Å². The maximum Gasteiger partial charge on any atom is 0.313 e. The topological polar surface area (TPSA) is 103 Å². The van der Waals surface area contributed by atoms with Crippen molar-refractivity contribution in [3.63, 3.8) is 0 Å². The van der Waals surface area contributed by atoms with Gasteiger partial charge in [-0.3, -0.25) is 14.9 Å². The predicted octanol–water partition coefficient (Wildman–Crippen LogP) is 3.89. The smallest absolute Gasteiger partial charge is 0.313 e. The number of hydrogen-bond acceptors (Lipinski definition) is 7. The van der Waals surface area contributed by atoms with Crippen LogP contribution >= 0.6 is 11.8 Å². The third-order valence-corrected chi connectivity index (χ3v) is 4.66. The van der Waals surface area contributed by atoms with Crippen LogP contribution in [0.4, 0.5) is 11.4 Å². The number of aliphatic imine (C=N–C) groups is 1.